The van der Waals surface area contributed by atoms with Crippen molar-refractivity contribution in [3.8, 4) is 6.07 Å². The summed E-state index contributed by atoms with van der Waals surface area (Å²) in [4.78, 5) is 13.1. The highest BCUT2D eigenvalue weighted by Crippen LogP contribution is 2.25. The fourth-order valence-electron chi connectivity index (χ4n) is 1.20. The van der Waals surface area contributed by atoms with E-state index in [9.17, 15) is 4.79 Å². The second-order valence-electron chi connectivity index (χ2n) is 3.23. The first-order valence-corrected chi connectivity index (χ1v) is 5.72. The normalized spacial score (nSPS) is 9.53. The molecule has 0 saturated carbocycles. The molecule has 1 rings (SSSR count). The van der Waals surface area contributed by atoms with E-state index >= 15 is 0 Å². The second-order valence-corrected chi connectivity index (χ2v) is 4.07. The largest absolute Gasteiger partial charge is 0.322 e. The Morgan fingerprint density at radius 3 is 2.82 bits per heavy atom. The second kappa shape index (κ2) is 6.33. The summed E-state index contributed by atoms with van der Waals surface area (Å²) in [6.45, 7) is 2.26. The van der Waals surface area contributed by atoms with E-state index in [1.807, 2.05) is 6.07 Å². The van der Waals surface area contributed by atoms with E-state index in [1.165, 1.54) is 4.90 Å². The highest BCUT2D eigenvalue weighted by atomic mass is 35.5. The molecule has 0 fully saturated rings. The van der Waals surface area contributed by atoms with Crippen LogP contribution in [-0.2, 0) is 0 Å². The van der Waals surface area contributed by atoms with Crippen LogP contribution < -0.4 is 5.32 Å². The summed E-state index contributed by atoms with van der Waals surface area (Å²) >= 11 is 11.7. The number of benzene rings is 1. The smallest absolute Gasteiger partial charge is 0.311 e. The van der Waals surface area contributed by atoms with E-state index < -0.39 is 0 Å². The molecule has 4 nitrogen and oxygen atoms in total. The molecule has 2 amide bonds. The molecule has 0 bridgehead atoms. The Labute approximate surface area is 110 Å². The minimum absolute atomic E-state index is 0.0283. The van der Waals surface area contributed by atoms with Gasteiger partial charge in [0, 0.05) is 11.6 Å². The number of rotatable bonds is 3. The van der Waals surface area contributed by atoms with Gasteiger partial charge in [-0.05, 0) is 25.1 Å². The molecular weight excluding hydrogens is 261 g/mol. The Hall–Kier alpha value is -1.44. The summed E-state index contributed by atoms with van der Waals surface area (Å²) in [5.41, 5.74) is 0.431. The van der Waals surface area contributed by atoms with Crippen LogP contribution in [-0.4, -0.2) is 24.0 Å². The Bertz CT molecular complexity index is 457. The maximum Gasteiger partial charge on any atom is 0.322 e. The van der Waals surface area contributed by atoms with Crippen LogP contribution in [0.1, 0.15) is 6.92 Å². The molecule has 17 heavy (non-hydrogen) atoms. The lowest BCUT2D eigenvalue weighted by atomic mass is 10.3. The van der Waals surface area contributed by atoms with Crippen molar-refractivity contribution in [1.29, 1.82) is 5.26 Å². The molecule has 0 atom stereocenters. The maximum atomic E-state index is 11.8. The molecule has 1 aromatic carbocycles. The molecule has 0 heterocycles. The molecule has 0 unspecified atom stereocenters. The van der Waals surface area contributed by atoms with Crippen molar-refractivity contribution in [3.05, 3.63) is 28.2 Å². The first-order valence-electron chi connectivity index (χ1n) is 4.96. The number of hydrogen-bond donors (Lipinski definition) is 1. The monoisotopic (exact) mass is 271 g/mol. The Balaban J connectivity index is 2.80. The van der Waals surface area contributed by atoms with Crippen molar-refractivity contribution in [2.75, 3.05) is 18.4 Å². The number of hydrogen-bond acceptors (Lipinski definition) is 2. The van der Waals surface area contributed by atoms with Crippen LogP contribution in [0.5, 0.6) is 0 Å². The zero-order valence-electron chi connectivity index (χ0n) is 9.20. The van der Waals surface area contributed by atoms with E-state index in [-0.39, 0.29) is 12.6 Å². The number of nitrogens with zero attached hydrogens (tertiary/aromatic N) is 2. The zero-order valence-corrected chi connectivity index (χ0v) is 10.7. The third-order valence-electron chi connectivity index (χ3n) is 2.10. The average molecular weight is 272 g/mol. The van der Waals surface area contributed by atoms with Crippen molar-refractivity contribution in [1.82, 2.24) is 4.90 Å². The fourth-order valence-corrected chi connectivity index (χ4v) is 1.54. The van der Waals surface area contributed by atoms with Crippen LogP contribution in [0.4, 0.5) is 10.5 Å². The number of nitriles is 1. The molecule has 90 valence electrons. The first-order chi connectivity index (χ1) is 8.08. The lowest BCUT2D eigenvalue weighted by molar-refractivity contribution is 0.220. The van der Waals surface area contributed by atoms with Crippen molar-refractivity contribution in [2.45, 2.75) is 6.92 Å². The number of anilines is 1. The number of carbonyl (C=O) groups is 1. The molecule has 1 aromatic rings. The van der Waals surface area contributed by atoms with Gasteiger partial charge in [-0.25, -0.2) is 4.79 Å². The van der Waals surface area contributed by atoms with E-state index in [1.54, 1.807) is 25.1 Å². The number of urea groups is 1. The van der Waals surface area contributed by atoms with Crippen LogP contribution in [0.15, 0.2) is 18.2 Å². The summed E-state index contributed by atoms with van der Waals surface area (Å²) < 4.78 is 0. The molecule has 6 heteroatoms. The molecule has 0 aromatic heterocycles. The standard InChI is InChI=1S/C11H11Cl2N3O/c1-2-16(6-5-14)11(17)15-10-7-8(12)3-4-9(10)13/h3-4,7H,2,6H2,1H3,(H,15,17). The summed E-state index contributed by atoms with van der Waals surface area (Å²) in [5.74, 6) is 0. The zero-order chi connectivity index (χ0) is 12.8. The topological polar surface area (TPSA) is 56.1 Å². The van der Waals surface area contributed by atoms with Gasteiger partial charge in [-0.15, -0.1) is 0 Å². The van der Waals surface area contributed by atoms with E-state index in [0.717, 1.165) is 0 Å². The molecule has 0 saturated heterocycles. The highest BCUT2D eigenvalue weighted by molar-refractivity contribution is 6.35. The van der Waals surface area contributed by atoms with Gasteiger partial charge >= 0.3 is 6.03 Å². The molecule has 0 radical (unpaired) electrons. The van der Waals surface area contributed by atoms with Gasteiger partial charge < -0.3 is 10.2 Å². The molecule has 0 aliphatic carbocycles. The SMILES string of the molecule is CCN(CC#N)C(=O)Nc1cc(Cl)ccc1Cl. The number of amides is 2. The van der Waals surface area contributed by atoms with Gasteiger partial charge in [-0.3, -0.25) is 0 Å². The summed E-state index contributed by atoms with van der Waals surface area (Å²) in [6.07, 6.45) is 0. The number of carbonyl (C=O) groups excluding carboxylic acids is 1. The van der Waals surface area contributed by atoms with Gasteiger partial charge in [0.1, 0.15) is 6.54 Å². The average Bonchev–Trinajstić information content (AvgIpc) is 2.30. The fraction of sp³-hybridized carbons (Fsp3) is 0.273. The van der Waals surface area contributed by atoms with E-state index in [2.05, 4.69) is 5.32 Å². The minimum Gasteiger partial charge on any atom is -0.311 e. The third-order valence-corrected chi connectivity index (χ3v) is 2.67. The molecule has 0 spiro atoms. The van der Waals surface area contributed by atoms with Crippen LogP contribution in [0.25, 0.3) is 0 Å². The van der Waals surface area contributed by atoms with Crippen molar-refractivity contribution in [3.63, 3.8) is 0 Å². The number of halogens is 2. The van der Waals surface area contributed by atoms with Crippen LogP contribution in [0.3, 0.4) is 0 Å². The Morgan fingerprint density at radius 2 is 2.24 bits per heavy atom. The van der Waals surface area contributed by atoms with Gasteiger partial charge in [0.2, 0.25) is 0 Å². The summed E-state index contributed by atoms with van der Waals surface area (Å²) in [5, 5.41) is 12.0. The van der Waals surface area contributed by atoms with Gasteiger partial charge in [0.05, 0.1) is 16.8 Å². The van der Waals surface area contributed by atoms with Crippen molar-refractivity contribution < 1.29 is 4.79 Å². The van der Waals surface area contributed by atoms with Crippen molar-refractivity contribution >= 4 is 34.9 Å². The van der Waals surface area contributed by atoms with Gasteiger partial charge in [-0.2, -0.15) is 5.26 Å². The lowest BCUT2D eigenvalue weighted by Crippen LogP contribution is -2.35. The van der Waals surface area contributed by atoms with Crippen molar-refractivity contribution in [2.24, 2.45) is 0 Å². The molecule has 0 aliphatic rings. The number of nitrogens with one attached hydrogen (secondary N) is 1. The van der Waals surface area contributed by atoms with Crippen LogP contribution >= 0.6 is 23.2 Å². The molecule has 1 N–H and O–H groups in total. The quantitative estimate of drug-likeness (QED) is 0.857. The highest BCUT2D eigenvalue weighted by Gasteiger charge is 2.12. The predicted molar refractivity (Wildman–Crippen MR) is 68.3 cm³/mol. The molecule has 0 aliphatic heterocycles. The first kappa shape index (κ1) is 13.6. The van der Waals surface area contributed by atoms with Crippen LogP contribution in [0, 0.1) is 11.3 Å². The van der Waals surface area contributed by atoms with Gasteiger partial charge in [0.15, 0.2) is 0 Å². The summed E-state index contributed by atoms with van der Waals surface area (Å²) in [7, 11) is 0. The van der Waals surface area contributed by atoms with Gasteiger partial charge in [-0.1, -0.05) is 23.2 Å². The van der Waals surface area contributed by atoms with E-state index in [4.69, 9.17) is 28.5 Å². The van der Waals surface area contributed by atoms with E-state index in [0.29, 0.717) is 22.3 Å². The lowest BCUT2D eigenvalue weighted by Gasteiger charge is -2.18. The maximum absolute atomic E-state index is 11.8. The predicted octanol–water partition coefficient (Wildman–Crippen LogP) is 3.37. The van der Waals surface area contributed by atoms with Crippen LogP contribution in [0.2, 0.25) is 10.0 Å². The Morgan fingerprint density at radius 1 is 1.53 bits per heavy atom. The Kier molecular flexibility index (Phi) is 5.08. The minimum atomic E-state index is -0.377. The van der Waals surface area contributed by atoms with Gasteiger partial charge in [0.25, 0.3) is 0 Å². The molecular formula is C11H11Cl2N3O. The summed E-state index contributed by atoms with van der Waals surface area (Å²) in [6, 6.07) is 6.33. The third kappa shape index (κ3) is 3.81.